The van der Waals surface area contributed by atoms with Crippen molar-refractivity contribution in [1.82, 2.24) is 49.8 Å². The molecule has 0 atom stereocenters. The number of pyridine rings is 8. The van der Waals surface area contributed by atoms with E-state index in [1.165, 1.54) is 44.8 Å². The monoisotopic (exact) mass is 1830 g/mol. The molecule has 0 saturated heterocycles. The van der Waals surface area contributed by atoms with Crippen LogP contribution in [0.5, 0.6) is 0 Å². The Bertz CT molecular complexity index is 5680. The van der Waals surface area contributed by atoms with Gasteiger partial charge in [0.25, 0.3) is 0 Å². The Balaban J connectivity index is 0.000000166. The Hall–Kier alpha value is -11.3. The van der Waals surface area contributed by atoms with E-state index in [4.69, 9.17) is 0 Å². The molecule has 10 nitrogen and oxygen atoms in total. The minimum atomic E-state index is -4.39. The molecule has 0 aliphatic carbocycles. The van der Waals surface area contributed by atoms with Gasteiger partial charge in [-0.3, -0.25) is 39.9 Å². The molecule has 8 aromatic carbocycles. The van der Waals surface area contributed by atoms with Crippen molar-refractivity contribution in [2.45, 2.75) is 78.6 Å². The molecule has 10 heterocycles. The van der Waals surface area contributed by atoms with E-state index in [1.807, 2.05) is 184 Å². The predicted molar refractivity (Wildman–Crippen MR) is 465 cm³/mol. The van der Waals surface area contributed by atoms with Gasteiger partial charge in [-0.1, -0.05) is 280 Å². The number of hydrogen-bond acceptors (Lipinski definition) is 8. The number of hydrogen-bond donors (Lipinski definition) is 0. The molecule has 0 aliphatic heterocycles. The number of halogens is 8. The molecule has 0 saturated carbocycles. The van der Waals surface area contributed by atoms with E-state index in [9.17, 15) is 26.3 Å². The summed E-state index contributed by atoms with van der Waals surface area (Å²) in [5.41, 5.74) is 20.5. The van der Waals surface area contributed by atoms with E-state index in [0.717, 1.165) is 125 Å². The molecule has 0 spiro atoms. The minimum absolute atomic E-state index is 0. The fraction of sp³-hybridized carbons (Fsp3) is 0.120. The molecule has 0 bridgehead atoms. The van der Waals surface area contributed by atoms with Crippen LogP contribution in [0.15, 0.2) is 329 Å². The minimum Gasteiger partial charge on any atom is -0.657 e. The quantitative estimate of drug-likeness (QED) is 0.0823. The average Bonchev–Trinajstić information content (AvgIpc) is 1.41. The molecule has 0 amide bonds. The van der Waals surface area contributed by atoms with Gasteiger partial charge < -0.3 is 9.97 Å². The molecule has 22 heteroatoms. The number of aryl methyl sites for hydroxylation is 2. The van der Waals surface area contributed by atoms with Crippen molar-refractivity contribution < 1.29 is 88.5 Å². The summed E-state index contributed by atoms with van der Waals surface area (Å²) in [4.78, 5) is 43.3. The Morgan fingerprint density at radius 2 is 0.484 bits per heavy atom. The summed E-state index contributed by atoms with van der Waals surface area (Å²) < 4.78 is 75.5. The van der Waals surface area contributed by atoms with Gasteiger partial charge in [0, 0.05) is 95.1 Å². The number of rotatable bonds is 8. The van der Waals surface area contributed by atoms with Gasteiger partial charge in [0.15, 0.2) is 0 Å². The first kappa shape index (κ1) is 94.5. The van der Waals surface area contributed by atoms with Crippen molar-refractivity contribution >= 4 is 64.0 Å². The largest absolute Gasteiger partial charge is 2.00 e. The van der Waals surface area contributed by atoms with Gasteiger partial charge in [0.05, 0.1) is 11.1 Å². The predicted octanol–water partition coefficient (Wildman–Crippen LogP) is 27.0. The molecule has 122 heavy (non-hydrogen) atoms. The van der Waals surface area contributed by atoms with Crippen LogP contribution in [0.3, 0.4) is 0 Å². The summed E-state index contributed by atoms with van der Waals surface area (Å²) in [6.45, 7) is 17.2. The summed E-state index contributed by atoms with van der Waals surface area (Å²) >= 11 is 6.69. The van der Waals surface area contributed by atoms with Crippen molar-refractivity contribution in [2.75, 3.05) is 0 Å². The molecule has 0 radical (unpaired) electrons. The van der Waals surface area contributed by atoms with Gasteiger partial charge in [0.2, 0.25) is 0 Å². The molecule has 0 aliphatic rings. The Kier molecular flexibility index (Phi) is 34.5. The van der Waals surface area contributed by atoms with Crippen molar-refractivity contribution in [3.63, 3.8) is 0 Å². The van der Waals surface area contributed by atoms with Crippen molar-refractivity contribution in [3.05, 3.63) is 386 Å². The Morgan fingerprint density at radius 3 is 0.697 bits per heavy atom. The zero-order valence-electron chi connectivity index (χ0n) is 66.9. The molecule has 10 aromatic heterocycles. The van der Waals surface area contributed by atoms with Crippen LogP contribution in [0.1, 0.15) is 74.9 Å². The van der Waals surface area contributed by atoms with Crippen LogP contribution in [0.25, 0.3) is 134 Å². The molecule has 0 unspecified atom stereocenters. The van der Waals surface area contributed by atoms with E-state index in [-0.39, 0.29) is 43.8 Å². The second-order valence-electron chi connectivity index (χ2n) is 29.3. The normalized spacial score (nSPS) is 10.9. The summed E-state index contributed by atoms with van der Waals surface area (Å²) in [6, 6.07) is 102. The topological polar surface area (TPSA) is 131 Å². The number of benzene rings is 8. The van der Waals surface area contributed by atoms with Crippen molar-refractivity contribution in [2.24, 2.45) is 0 Å². The van der Waals surface area contributed by atoms with Gasteiger partial charge in [-0.15, -0.1) is 118 Å². The summed E-state index contributed by atoms with van der Waals surface area (Å²) in [7, 11) is 8.53. The number of nitrogens with zero attached hydrogens (tertiary/aromatic N) is 10. The van der Waals surface area contributed by atoms with E-state index >= 15 is 0 Å². The smallest absolute Gasteiger partial charge is 0.657 e. The van der Waals surface area contributed by atoms with Gasteiger partial charge in [0.1, 0.15) is 0 Å². The standard InChI is InChI=1S/2C20H19N2.2C18H12F3N2.2C12H8N.2ClH.4Ni/c2*1-20(2,3)17-13-15(18-8-4-6-10-21-18)12-16(14-17)19-9-5-7-11-22-19;2*1-12-5-7-16(22-10-12)13-3-2-4-14(9-13)17-8-6-15(11-23-17)18(19,20)21;2*1-3-7-11-9(5-1)10-6-2-4-8-12(10)13-11;;;;;;/h2*4-11,13-14H,1-3H3;2*2-8,10-11H,1H3;2*1-8H;2*1H;;;;/q6*-1;;;2*+1;2*+2/p-2. The van der Waals surface area contributed by atoms with Gasteiger partial charge >= 0.3 is 94.9 Å². The van der Waals surface area contributed by atoms with Gasteiger partial charge in [-0.2, -0.15) is 26.3 Å². The molecule has 0 N–H and O–H groups in total. The molecular weight excluding hydrogens is 1760 g/mol. The van der Waals surface area contributed by atoms with Crippen LogP contribution in [-0.2, 0) is 85.3 Å². The molecular formula is C100H78Cl2F6N10Ni4-2. The maximum atomic E-state index is 12.6. The summed E-state index contributed by atoms with van der Waals surface area (Å²) in [5, 5.41) is 4.99. The van der Waals surface area contributed by atoms with Gasteiger partial charge in [-0.05, 0) is 81.6 Å². The molecule has 0 fully saturated rings. The zero-order chi connectivity index (χ0) is 85.4. The summed E-state index contributed by atoms with van der Waals surface area (Å²) in [5.74, 6) is 0. The Morgan fingerprint density at radius 1 is 0.254 bits per heavy atom. The van der Waals surface area contributed by atoms with Crippen LogP contribution in [0, 0.1) is 38.1 Å². The second-order valence-corrected chi connectivity index (χ2v) is 29.3. The first-order chi connectivity index (χ1) is 57.8. The van der Waals surface area contributed by atoms with Crippen LogP contribution < -0.4 is 9.97 Å². The fourth-order valence-corrected chi connectivity index (χ4v) is 12.3. The van der Waals surface area contributed by atoms with E-state index < -0.39 is 23.5 Å². The second kappa shape index (κ2) is 44.5. The van der Waals surface area contributed by atoms with Crippen LogP contribution in [0.2, 0.25) is 0 Å². The molecule has 626 valence electrons. The number of alkyl halides is 6. The summed E-state index contributed by atoms with van der Waals surface area (Å²) in [6.07, 6.45) is 3.66. The van der Waals surface area contributed by atoms with Crippen LogP contribution in [-0.4, -0.2) is 39.9 Å². The maximum Gasteiger partial charge on any atom is 2.00 e. The van der Waals surface area contributed by atoms with Gasteiger partial charge in [-0.25, -0.2) is 0 Å². The molecule has 18 aromatic rings. The SMILES string of the molecule is CC(C)(C)c1cc(-c2ccccn2)[c-]c(-c2ccccn2)c1.CC(C)(C)c1cc(-c2ccccn2)[c-]c(-c2ccccn2)c1.Cc1ccc(-c2[c-]c(-c3ccc(C(F)(F)F)cn3)ccc2)nc1.Cc1ccc(-c2[c-]c(-c3ccc(C(F)(F)F)cn3)ccc2)nc1.[Cl][Ni].[Cl][Ni].[Ni+2].[Ni+2].c1ccc2c(c1)[n-]c1ccccc12.c1ccc2c(c1)[n-]c1ccccc12. The van der Waals surface area contributed by atoms with Crippen LogP contribution >= 0.6 is 20.4 Å². The third-order valence-corrected chi connectivity index (χ3v) is 18.6. The average molecular weight is 1840 g/mol. The third-order valence-electron chi connectivity index (χ3n) is 18.6. The van der Waals surface area contributed by atoms with E-state index in [0.29, 0.717) is 22.5 Å². The first-order valence-electron chi connectivity index (χ1n) is 37.7. The van der Waals surface area contributed by atoms with E-state index in [2.05, 4.69) is 262 Å². The van der Waals surface area contributed by atoms with Crippen molar-refractivity contribution in [1.29, 1.82) is 0 Å². The zero-order valence-corrected chi connectivity index (χ0v) is 72.4. The molecule has 18 rings (SSSR count). The number of para-hydroxylation sites is 4. The maximum absolute atomic E-state index is 12.6. The first-order valence-corrected chi connectivity index (χ1v) is 40.4. The third kappa shape index (κ3) is 25.9. The van der Waals surface area contributed by atoms with E-state index in [1.54, 1.807) is 24.5 Å². The van der Waals surface area contributed by atoms with Crippen molar-refractivity contribution in [3.8, 4) is 90.1 Å². The van der Waals surface area contributed by atoms with Crippen LogP contribution in [0.4, 0.5) is 26.3 Å². The Labute approximate surface area is 751 Å². The number of fused-ring (bicyclic) bond motifs is 6. The number of aromatic nitrogens is 10. The fourth-order valence-electron chi connectivity index (χ4n) is 12.3.